The number of rotatable bonds is 6. The summed E-state index contributed by atoms with van der Waals surface area (Å²) in [6.45, 7) is -0.0881. The first-order valence-corrected chi connectivity index (χ1v) is 8.34. The maximum absolute atomic E-state index is 12.1. The van der Waals surface area contributed by atoms with Gasteiger partial charge in [-0.05, 0) is 12.8 Å². The van der Waals surface area contributed by atoms with Crippen LogP contribution >= 0.6 is 11.3 Å². The summed E-state index contributed by atoms with van der Waals surface area (Å²) in [5, 5.41) is 1.47. The van der Waals surface area contributed by atoms with Gasteiger partial charge in [0.15, 0.2) is 15.8 Å². The molecule has 0 bridgehead atoms. The summed E-state index contributed by atoms with van der Waals surface area (Å²) in [5.41, 5.74) is 5.58. The molecule has 0 fully saturated rings. The molecule has 0 aromatic carbocycles. The van der Waals surface area contributed by atoms with Crippen molar-refractivity contribution in [1.29, 1.82) is 0 Å². The van der Waals surface area contributed by atoms with Crippen LogP contribution < -0.4 is 10.5 Å². The molecule has 6 nitrogen and oxygen atoms in total. The van der Waals surface area contributed by atoms with Crippen LogP contribution in [0.1, 0.15) is 19.3 Å². The van der Waals surface area contributed by atoms with Crippen molar-refractivity contribution in [1.82, 2.24) is 14.1 Å². The van der Waals surface area contributed by atoms with Crippen molar-refractivity contribution in [3.8, 4) is 0 Å². The van der Waals surface area contributed by atoms with Crippen LogP contribution in [0, 0.1) is 0 Å². The third kappa shape index (κ3) is 3.86. The van der Waals surface area contributed by atoms with E-state index in [2.05, 4.69) is 9.71 Å². The highest BCUT2D eigenvalue weighted by atomic mass is 32.2. The van der Waals surface area contributed by atoms with E-state index in [1.54, 1.807) is 5.38 Å². The topological polar surface area (TPSA) is 89.5 Å². The number of nitrogens with one attached hydrogen (secondary N) is 1. The minimum absolute atomic E-state index is 0.0875. The van der Waals surface area contributed by atoms with Crippen LogP contribution in [0.3, 0.4) is 0 Å². The average molecular weight is 342 g/mol. The van der Waals surface area contributed by atoms with Gasteiger partial charge in [0.05, 0.1) is 0 Å². The number of nitrogen functional groups attached to an aromatic ring is 1. The quantitative estimate of drug-likeness (QED) is 0.786. The van der Waals surface area contributed by atoms with Gasteiger partial charge in [-0.15, -0.1) is 11.3 Å². The maximum Gasteiger partial charge on any atom is 0.389 e. The Balaban J connectivity index is 1.99. The van der Waals surface area contributed by atoms with E-state index < -0.39 is 22.6 Å². The number of nitrogens with two attached hydrogens (primary N) is 1. The Hall–Kier alpha value is -1.33. The SMILES string of the molecule is Nc1nc2sccn2c1S(=O)(=O)NCCCCC(F)(F)F. The summed E-state index contributed by atoms with van der Waals surface area (Å²) in [4.78, 5) is 4.34. The Morgan fingerprint density at radius 2 is 2.10 bits per heavy atom. The van der Waals surface area contributed by atoms with Crippen molar-refractivity contribution < 1.29 is 21.6 Å². The molecule has 0 radical (unpaired) electrons. The first-order valence-electron chi connectivity index (χ1n) is 5.98. The van der Waals surface area contributed by atoms with E-state index >= 15 is 0 Å². The molecule has 0 amide bonds. The number of imidazole rings is 1. The lowest BCUT2D eigenvalue weighted by molar-refractivity contribution is -0.135. The molecule has 2 rings (SSSR count). The molecule has 0 atom stereocenters. The van der Waals surface area contributed by atoms with Crippen molar-refractivity contribution >= 4 is 32.1 Å². The fraction of sp³-hybridized carbons (Fsp3) is 0.500. The second-order valence-corrected chi connectivity index (χ2v) is 6.88. The lowest BCUT2D eigenvalue weighted by Gasteiger charge is -2.08. The molecule has 118 valence electrons. The minimum Gasteiger partial charge on any atom is -0.381 e. The van der Waals surface area contributed by atoms with Gasteiger partial charge >= 0.3 is 6.18 Å². The molecule has 11 heteroatoms. The Morgan fingerprint density at radius 1 is 1.38 bits per heavy atom. The van der Waals surface area contributed by atoms with Crippen molar-refractivity contribution in [3.63, 3.8) is 0 Å². The second-order valence-electron chi connectivity index (χ2n) is 4.33. The van der Waals surface area contributed by atoms with Gasteiger partial charge in [0, 0.05) is 24.5 Å². The smallest absolute Gasteiger partial charge is 0.381 e. The number of hydrogen-bond acceptors (Lipinski definition) is 5. The number of hydrogen-bond donors (Lipinski definition) is 2. The van der Waals surface area contributed by atoms with Gasteiger partial charge in [0.1, 0.15) is 0 Å². The molecular weight excluding hydrogens is 329 g/mol. The third-order valence-electron chi connectivity index (χ3n) is 2.68. The molecule has 21 heavy (non-hydrogen) atoms. The van der Waals surface area contributed by atoms with Gasteiger partial charge in [-0.2, -0.15) is 13.2 Å². The molecule has 0 spiro atoms. The summed E-state index contributed by atoms with van der Waals surface area (Å²) in [6.07, 6.45) is -3.69. The summed E-state index contributed by atoms with van der Waals surface area (Å²) < 4.78 is 63.7. The van der Waals surface area contributed by atoms with Gasteiger partial charge in [-0.25, -0.2) is 18.1 Å². The summed E-state index contributed by atoms with van der Waals surface area (Å²) >= 11 is 1.23. The number of fused-ring (bicyclic) bond motifs is 1. The van der Waals surface area contributed by atoms with Crippen LogP contribution in [-0.2, 0) is 10.0 Å². The first-order chi connectivity index (χ1) is 9.71. The number of aromatic nitrogens is 2. The number of unbranched alkanes of at least 4 members (excludes halogenated alkanes) is 1. The fourth-order valence-corrected chi connectivity index (χ4v) is 3.83. The number of alkyl halides is 3. The van der Waals surface area contributed by atoms with E-state index in [1.807, 2.05) is 0 Å². The highest BCUT2D eigenvalue weighted by molar-refractivity contribution is 7.89. The van der Waals surface area contributed by atoms with E-state index in [9.17, 15) is 21.6 Å². The van der Waals surface area contributed by atoms with Gasteiger partial charge in [0.2, 0.25) is 0 Å². The molecule has 0 aliphatic rings. The molecule has 0 aliphatic carbocycles. The normalized spacial score (nSPS) is 13.1. The molecule has 0 unspecified atom stereocenters. The second kappa shape index (κ2) is 5.81. The van der Waals surface area contributed by atoms with Gasteiger partial charge in [-0.3, -0.25) is 4.40 Å². The molecular formula is C10H13F3N4O2S2. The fourth-order valence-electron chi connectivity index (χ4n) is 1.77. The maximum atomic E-state index is 12.1. The Morgan fingerprint density at radius 3 is 2.76 bits per heavy atom. The molecule has 2 aromatic heterocycles. The Bertz CT molecular complexity index is 720. The van der Waals surface area contributed by atoms with E-state index in [0.717, 1.165) is 0 Å². The van der Waals surface area contributed by atoms with Gasteiger partial charge in [0.25, 0.3) is 10.0 Å². The molecule has 0 aliphatic heterocycles. The summed E-state index contributed by atoms with van der Waals surface area (Å²) in [6, 6.07) is 0. The highest BCUT2D eigenvalue weighted by Crippen LogP contribution is 2.24. The van der Waals surface area contributed by atoms with Crippen LogP contribution in [0.2, 0.25) is 0 Å². The standard InChI is InChI=1S/C10H13F3N4O2S2/c11-10(12,13)3-1-2-4-15-21(18,19)8-7(14)16-9-17(8)5-6-20-9/h5-6,15H,1-4,14H2. The lowest BCUT2D eigenvalue weighted by atomic mass is 10.2. The zero-order valence-electron chi connectivity index (χ0n) is 10.7. The zero-order chi connectivity index (χ0) is 15.7. The van der Waals surface area contributed by atoms with E-state index in [-0.39, 0.29) is 30.2 Å². The molecule has 2 heterocycles. The van der Waals surface area contributed by atoms with Crippen molar-refractivity contribution in [2.75, 3.05) is 12.3 Å². The van der Waals surface area contributed by atoms with E-state index in [0.29, 0.717) is 4.96 Å². The summed E-state index contributed by atoms with van der Waals surface area (Å²) in [5.74, 6) is -0.135. The number of anilines is 1. The molecule has 0 saturated heterocycles. The van der Waals surface area contributed by atoms with Crippen molar-refractivity contribution in [2.24, 2.45) is 0 Å². The minimum atomic E-state index is -4.22. The monoisotopic (exact) mass is 342 g/mol. The van der Waals surface area contributed by atoms with E-state index in [1.165, 1.54) is 21.9 Å². The van der Waals surface area contributed by atoms with Gasteiger partial charge in [-0.1, -0.05) is 0 Å². The number of thiazole rings is 1. The van der Waals surface area contributed by atoms with Crippen LogP contribution in [0.15, 0.2) is 16.6 Å². The first kappa shape index (κ1) is 16.0. The van der Waals surface area contributed by atoms with E-state index in [4.69, 9.17) is 5.73 Å². The number of nitrogens with zero attached hydrogens (tertiary/aromatic N) is 2. The predicted molar refractivity (Wildman–Crippen MR) is 72.6 cm³/mol. The third-order valence-corrected chi connectivity index (χ3v) is 4.93. The van der Waals surface area contributed by atoms with Crippen molar-refractivity contribution in [2.45, 2.75) is 30.5 Å². The van der Waals surface area contributed by atoms with Crippen LogP contribution in [-0.4, -0.2) is 30.5 Å². The predicted octanol–water partition coefficient (Wildman–Crippen LogP) is 1.99. The Kier molecular flexibility index (Phi) is 4.44. The summed E-state index contributed by atoms with van der Waals surface area (Å²) in [7, 11) is -3.91. The number of halogens is 3. The van der Waals surface area contributed by atoms with Crippen LogP contribution in [0.5, 0.6) is 0 Å². The highest BCUT2D eigenvalue weighted by Gasteiger charge is 2.27. The lowest BCUT2D eigenvalue weighted by Crippen LogP contribution is -2.26. The van der Waals surface area contributed by atoms with Crippen LogP contribution in [0.4, 0.5) is 19.0 Å². The van der Waals surface area contributed by atoms with Crippen molar-refractivity contribution in [3.05, 3.63) is 11.6 Å². The number of sulfonamides is 1. The largest absolute Gasteiger partial charge is 0.389 e. The molecule has 2 aromatic rings. The average Bonchev–Trinajstić information content (AvgIpc) is 2.85. The Labute approximate surface area is 122 Å². The zero-order valence-corrected chi connectivity index (χ0v) is 12.4. The molecule has 0 saturated carbocycles. The molecule has 3 N–H and O–H groups in total. The van der Waals surface area contributed by atoms with Gasteiger partial charge < -0.3 is 5.73 Å². The van der Waals surface area contributed by atoms with Crippen LogP contribution in [0.25, 0.3) is 4.96 Å².